The molecule has 0 N–H and O–H groups in total. The molecule has 0 saturated carbocycles. The van der Waals surface area contributed by atoms with Gasteiger partial charge in [-0.25, -0.2) is 13.5 Å². The first-order valence-electron chi connectivity index (χ1n) is 8.70. The molecule has 29 heavy (non-hydrogen) atoms. The quantitative estimate of drug-likeness (QED) is 0.601. The zero-order chi connectivity index (χ0) is 21.1. The molecule has 0 aliphatic heterocycles. The van der Waals surface area contributed by atoms with Gasteiger partial charge < -0.3 is 4.74 Å². The van der Waals surface area contributed by atoms with Crippen molar-refractivity contribution in [3.63, 3.8) is 0 Å². The molecule has 0 radical (unpaired) electrons. The highest BCUT2D eigenvalue weighted by molar-refractivity contribution is 6.30. The molecule has 0 spiro atoms. The first-order chi connectivity index (χ1) is 13.8. The van der Waals surface area contributed by atoms with Gasteiger partial charge in [0.1, 0.15) is 28.4 Å². The molecule has 150 valence electrons. The van der Waals surface area contributed by atoms with Crippen LogP contribution in [0.2, 0.25) is 5.02 Å². The Morgan fingerprint density at radius 1 is 1.17 bits per heavy atom. The molecule has 0 fully saturated rings. The largest absolute Gasteiger partial charge is 0.497 e. The standard InChI is InChI=1S/C21H17ClF2N2O3/c1-12(20(27)8-13-6-15(23)10-16(24)7-13)26-21(28)18(22)11-19(25-26)14-4-3-5-17(9-14)29-2/h3-7,9-12H,8H2,1-2H3. The van der Waals surface area contributed by atoms with Crippen LogP contribution in [-0.2, 0) is 11.2 Å². The number of nitrogens with zero attached hydrogens (tertiary/aromatic N) is 2. The number of carbonyl (C=O) groups excluding carboxylic acids is 1. The third-order valence-corrected chi connectivity index (χ3v) is 4.66. The van der Waals surface area contributed by atoms with E-state index in [0.29, 0.717) is 17.0 Å². The molecular formula is C21H17ClF2N2O3. The Morgan fingerprint density at radius 3 is 2.52 bits per heavy atom. The lowest BCUT2D eigenvalue weighted by Crippen LogP contribution is -2.31. The highest BCUT2D eigenvalue weighted by atomic mass is 35.5. The molecule has 8 heteroatoms. The second kappa shape index (κ2) is 8.53. The van der Waals surface area contributed by atoms with Crippen LogP contribution in [0, 0.1) is 11.6 Å². The average Bonchev–Trinajstić information content (AvgIpc) is 2.68. The van der Waals surface area contributed by atoms with E-state index in [1.54, 1.807) is 24.3 Å². The summed E-state index contributed by atoms with van der Waals surface area (Å²) >= 11 is 6.08. The van der Waals surface area contributed by atoms with E-state index in [1.165, 1.54) is 20.1 Å². The molecule has 0 saturated heterocycles. The number of hydrogen-bond acceptors (Lipinski definition) is 4. The number of ketones is 1. The van der Waals surface area contributed by atoms with E-state index in [9.17, 15) is 18.4 Å². The minimum absolute atomic E-state index is 0.103. The molecule has 1 atom stereocenters. The van der Waals surface area contributed by atoms with Crippen LogP contribution < -0.4 is 10.3 Å². The number of methoxy groups -OCH3 is 1. The summed E-state index contributed by atoms with van der Waals surface area (Å²) in [6.07, 6.45) is -0.259. The maximum atomic E-state index is 13.4. The number of carbonyl (C=O) groups is 1. The van der Waals surface area contributed by atoms with Gasteiger partial charge in [-0.3, -0.25) is 9.59 Å². The van der Waals surface area contributed by atoms with Crippen LogP contribution in [0.3, 0.4) is 0 Å². The monoisotopic (exact) mass is 418 g/mol. The van der Waals surface area contributed by atoms with Crippen molar-refractivity contribution < 1.29 is 18.3 Å². The van der Waals surface area contributed by atoms with Gasteiger partial charge in [-0.15, -0.1) is 0 Å². The Hall–Kier alpha value is -3.06. The van der Waals surface area contributed by atoms with Crippen molar-refractivity contribution in [3.8, 4) is 17.0 Å². The molecule has 2 aromatic carbocycles. The minimum Gasteiger partial charge on any atom is -0.497 e. The van der Waals surface area contributed by atoms with E-state index in [-0.39, 0.29) is 17.0 Å². The number of benzene rings is 2. The van der Waals surface area contributed by atoms with E-state index >= 15 is 0 Å². The predicted octanol–water partition coefficient (Wildman–Crippen LogP) is 4.22. The molecule has 3 aromatic rings. The Labute approximate surface area is 170 Å². The Kier molecular flexibility index (Phi) is 6.08. The fourth-order valence-corrected chi connectivity index (χ4v) is 3.06. The van der Waals surface area contributed by atoms with Gasteiger partial charge in [0.2, 0.25) is 0 Å². The van der Waals surface area contributed by atoms with E-state index < -0.39 is 29.0 Å². The van der Waals surface area contributed by atoms with Crippen molar-refractivity contribution in [2.45, 2.75) is 19.4 Å². The molecule has 0 amide bonds. The van der Waals surface area contributed by atoms with Gasteiger partial charge in [0.05, 0.1) is 12.8 Å². The smallest absolute Gasteiger partial charge is 0.286 e. The fraction of sp³-hybridized carbons (Fsp3) is 0.190. The van der Waals surface area contributed by atoms with Gasteiger partial charge >= 0.3 is 0 Å². The highest BCUT2D eigenvalue weighted by Crippen LogP contribution is 2.24. The number of aromatic nitrogens is 2. The van der Waals surface area contributed by atoms with E-state index in [0.717, 1.165) is 22.9 Å². The third-order valence-electron chi connectivity index (χ3n) is 4.39. The highest BCUT2D eigenvalue weighted by Gasteiger charge is 2.21. The summed E-state index contributed by atoms with van der Waals surface area (Å²) in [5.41, 5.74) is 0.559. The lowest BCUT2D eigenvalue weighted by molar-refractivity contribution is -0.121. The first kappa shape index (κ1) is 20.7. The second-order valence-corrected chi connectivity index (χ2v) is 6.86. The SMILES string of the molecule is COc1cccc(-c2cc(Cl)c(=O)n(C(C)C(=O)Cc3cc(F)cc(F)c3)n2)c1. The number of Topliss-reactive ketones (excluding diaryl/α,β-unsaturated/α-hetero) is 1. The number of ether oxygens (including phenoxy) is 1. The van der Waals surface area contributed by atoms with Gasteiger partial charge in [-0.1, -0.05) is 23.7 Å². The van der Waals surface area contributed by atoms with E-state index in [4.69, 9.17) is 16.3 Å². The van der Waals surface area contributed by atoms with Crippen molar-refractivity contribution in [3.05, 3.63) is 81.1 Å². The molecule has 1 heterocycles. The molecule has 3 rings (SSSR count). The van der Waals surface area contributed by atoms with Crippen LogP contribution >= 0.6 is 11.6 Å². The summed E-state index contributed by atoms with van der Waals surface area (Å²) in [7, 11) is 1.52. The summed E-state index contributed by atoms with van der Waals surface area (Å²) in [6.45, 7) is 1.48. The van der Waals surface area contributed by atoms with Crippen molar-refractivity contribution >= 4 is 17.4 Å². The van der Waals surface area contributed by atoms with Crippen LogP contribution in [0.15, 0.2) is 53.3 Å². The zero-order valence-electron chi connectivity index (χ0n) is 15.7. The number of rotatable bonds is 6. The van der Waals surface area contributed by atoms with Crippen LogP contribution in [0.4, 0.5) is 8.78 Å². The number of halogens is 3. The maximum absolute atomic E-state index is 13.4. The summed E-state index contributed by atoms with van der Waals surface area (Å²) in [4.78, 5) is 25.1. The van der Waals surface area contributed by atoms with Crippen LogP contribution in [0.25, 0.3) is 11.3 Å². The van der Waals surface area contributed by atoms with Crippen molar-refractivity contribution in [1.29, 1.82) is 0 Å². The fourth-order valence-electron chi connectivity index (χ4n) is 2.87. The van der Waals surface area contributed by atoms with Gasteiger partial charge in [0, 0.05) is 18.1 Å². The first-order valence-corrected chi connectivity index (χ1v) is 9.07. The minimum atomic E-state index is -0.989. The zero-order valence-corrected chi connectivity index (χ0v) is 16.4. The van der Waals surface area contributed by atoms with E-state index in [2.05, 4.69) is 5.10 Å². The van der Waals surface area contributed by atoms with Gasteiger partial charge in [-0.2, -0.15) is 5.10 Å². The molecule has 0 bridgehead atoms. The Balaban J connectivity index is 1.95. The lowest BCUT2D eigenvalue weighted by atomic mass is 10.0. The van der Waals surface area contributed by atoms with Gasteiger partial charge in [0.15, 0.2) is 5.78 Å². The van der Waals surface area contributed by atoms with Crippen LogP contribution in [-0.4, -0.2) is 22.7 Å². The molecular weight excluding hydrogens is 402 g/mol. The van der Waals surface area contributed by atoms with Crippen molar-refractivity contribution in [1.82, 2.24) is 9.78 Å². The molecule has 1 unspecified atom stereocenters. The Morgan fingerprint density at radius 2 is 1.86 bits per heavy atom. The molecule has 0 aliphatic rings. The van der Waals surface area contributed by atoms with Gasteiger partial charge in [-0.05, 0) is 42.8 Å². The van der Waals surface area contributed by atoms with Crippen LogP contribution in [0.1, 0.15) is 18.5 Å². The molecule has 0 aliphatic carbocycles. The summed E-state index contributed by atoms with van der Waals surface area (Å²) in [6, 6.07) is 10.3. The topological polar surface area (TPSA) is 61.2 Å². The predicted molar refractivity (Wildman–Crippen MR) is 105 cm³/mol. The van der Waals surface area contributed by atoms with Crippen LogP contribution in [0.5, 0.6) is 5.75 Å². The summed E-state index contributed by atoms with van der Waals surface area (Å²) in [5.74, 6) is -1.41. The Bertz CT molecular complexity index is 1110. The molecule has 1 aromatic heterocycles. The maximum Gasteiger partial charge on any atom is 0.286 e. The van der Waals surface area contributed by atoms with Gasteiger partial charge in [0.25, 0.3) is 5.56 Å². The summed E-state index contributed by atoms with van der Waals surface area (Å²) < 4.78 is 32.9. The van der Waals surface area contributed by atoms with Crippen molar-refractivity contribution in [2.24, 2.45) is 0 Å². The lowest BCUT2D eigenvalue weighted by Gasteiger charge is -2.15. The van der Waals surface area contributed by atoms with Crippen molar-refractivity contribution in [2.75, 3.05) is 7.11 Å². The third kappa shape index (κ3) is 4.68. The summed E-state index contributed by atoms with van der Waals surface area (Å²) in [5, 5.41) is 4.17. The molecule has 5 nitrogen and oxygen atoms in total. The van der Waals surface area contributed by atoms with E-state index in [1.807, 2.05) is 0 Å². The second-order valence-electron chi connectivity index (χ2n) is 6.46. The number of hydrogen-bond donors (Lipinski definition) is 0. The average molecular weight is 419 g/mol. The normalized spacial score (nSPS) is 11.9.